The summed E-state index contributed by atoms with van der Waals surface area (Å²) < 4.78 is 0. The summed E-state index contributed by atoms with van der Waals surface area (Å²) in [7, 11) is 0. The average Bonchev–Trinajstić information content (AvgIpc) is 3.44. The van der Waals surface area contributed by atoms with Crippen LogP contribution in [0.25, 0.3) is 10.8 Å². The topological polar surface area (TPSA) is 35.9 Å². The summed E-state index contributed by atoms with van der Waals surface area (Å²) in [4.78, 5) is 24.9. The van der Waals surface area contributed by atoms with Crippen LogP contribution in [0.1, 0.15) is 12.5 Å². The molecule has 6 rings (SSSR count). The zero-order valence-electron chi connectivity index (χ0n) is 20.2. The van der Waals surface area contributed by atoms with E-state index in [1.807, 2.05) is 65.6 Å². The highest BCUT2D eigenvalue weighted by Gasteiger charge is 2.39. The molecule has 0 N–H and O–H groups in total. The van der Waals surface area contributed by atoms with Gasteiger partial charge in [-0.2, -0.15) is 0 Å². The number of amidine groups is 1. The Hall–Kier alpha value is -3.19. The van der Waals surface area contributed by atoms with Crippen molar-refractivity contribution >= 4 is 68.3 Å². The van der Waals surface area contributed by atoms with Gasteiger partial charge >= 0.3 is 0 Å². The Balaban J connectivity index is 1.42. The molecule has 4 nitrogen and oxygen atoms in total. The number of fused-ring (bicyclic) bond motifs is 2. The van der Waals surface area contributed by atoms with E-state index in [9.17, 15) is 4.79 Å². The van der Waals surface area contributed by atoms with Crippen molar-refractivity contribution in [2.75, 3.05) is 18.0 Å². The third kappa shape index (κ3) is 4.65. The SMILES string of the molecule is CCN1C(=C2SC(=Nc3cccc4ccccc34)N(CCc3ccccc3)C2=O)Sc2ccc(Cl)cc21. The van der Waals surface area contributed by atoms with Crippen LogP contribution in [0, 0.1) is 0 Å². The van der Waals surface area contributed by atoms with E-state index in [-0.39, 0.29) is 5.91 Å². The number of hydrogen-bond donors (Lipinski definition) is 0. The van der Waals surface area contributed by atoms with Crippen LogP contribution in [-0.2, 0) is 11.2 Å². The summed E-state index contributed by atoms with van der Waals surface area (Å²) >= 11 is 9.41. The van der Waals surface area contributed by atoms with Gasteiger partial charge in [0.2, 0.25) is 0 Å². The predicted octanol–water partition coefficient (Wildman–Crippen LogP) is 8.10. The molecule has 0 spiro atoms. The van der Waals surface area contributed by atoms with E-state index >= 15 is 0 Å². The minimum atomic E-state index is -0.000212. The predicted molar refractivity (Wildman–Crippen MR) is 158 cm³/mol. The van der Waals surface area contributed by atoms with Crippen molar-refractivity contribution in [3.05, 3.63) is 112 Å². The van der Waals surface area contributed by atoms with E-state index in [4.69, 9.17) is 16.6 Å². The highest BCUT2D eigenvalue weighted by Crippen LogP contribution is 2.51. The van der Waals surface area contributed by atoms with Gasteiger partial charge in [0, 0.05) is 28.4 Å². The number of amides is 1. The van der Waals surface area contributed by atoms with Crippen LogP contribution in [-0.4, -0.2) is 29.1 Å². The van der Waals surface area contributed by atoms with Crippen molar-refractivity contribution in [2.24, 2.45) is 4.99 Å². The fourth-order valence-electron chi connectivity index (χ4n) is 4.65. The molecule has 0 unspecified atom stereocenters. The van der Waals surface area contributed by atoms with Gasteiger partial charge in [0.25, 0.3) is 5.91 Å². The molecule has 0 aliphatic carbocycles. The molecule has 2 aliphatic rings. The van der Waals surface area contributed by atoms with Gasteiger partial charge in [-0.25, -0.2) is 4.99 Å². The summed E-state index contributed by atoms with van der Waals surface area (Å²) in [6.45, 7) is 3.40. The van der Waals surface area contributed by atoms with Gasteiger partial charge in [0.1, 0.15) is 9.93 Å². The quantitative estimate of drug-likeness (QED) is 0.239. The lowest BCUT2D eigenvalue weighted by Crippen LogP contribution is -2.32. The van der Waals surface area contributed by atoms with Crippen LogP contribution in [0.3, 0.4) is 0 Å². The molecule has 1 fully saturated rings. The first-order chi connectivity index (χ1) is 18.1. The zero-order chi connectivity index (χ0) is 25.4. The Bertz CT molecular complexity index is 1560. The molecule has 4 aromatic rings. The van der Waals surface area contributed by atoms with Crippen molar-refractivity contribution < 1.29 is 4.79 Å². The molecule has 0 aromatic heterocycles. The van der Waals surface area contributed by atoms with Crippen molar-refractivity contribution in [3.8, 4) is 0 Å². The van der Waals surface area contributed by atoms with Gasteiger partial charge in [-0.3, -0.25) is 9.69 Å². The Kier molecular flexibility index (Phi) is 6.72. The lowest BCUT2D eigenvalue weighted by atomic mass is 10.1. The second-order valence-electron chi connectivity index (χ2n) is 8.78. The lowest BCUT2D eigenvalue weighted by molar-refractivity contribution is -0.122. The minimum absolute atomic E-state index is 0.000212. The molecule has 184 valence electrons. The first-order valence-corrected chi connectivity index (χ1v) is 14.2. The number of benzene rings is 4. The number of carbonyl (C=O) groups excluding carboxylic acids is 1. The highest BCUT2D eigenvalue weighted by molar-refractivity contribution is 8.19. The van der Waals surface area contributed by atoms with Crippen LogP contribution in [0.2, 0.25) is 5.02 Å². The molecular weight excluding hydrogens is 518 g/mol. The van der Waals surface area contributed by atoms with Crippen molar-refractivity contribution in [2.45, 2.75) is 18.2 Å². The molecule has 2 aliphatic heterocycles. The van der Waals surface area contributed by atoms with Crippen molar-refractivity contribution in [3.63, 3.8) is 0 Å². The molecule has 0 atom stereocenters. The third-order valence-electron chi connectivity index (χ3n) is 6.49. The van der Waals surface area contributed by atoms with Crippen molar-refractivity contribution in [1.29, 1.82) is 0 Å². The smallest absolute Gasteiger partial charge is 0.269 e. The molecule has 1 amide bonds. The maximum Gasteiger partial charge on any atom is 0.269 e. The van der Waals surface area contributed by atoms with Gasteiger partial charge in [-0.1, -0.05) is 90.1 Å². The van der Waals surface area contributed by atoms with E-state index in [0.717, 1.165) is 45.0 Å². The van der Waals surface area contributed by atoms with Crippen molar-refractivity contribution in [1.82, 2.24) is 4.90 Å². The van der Waals surface area contributed by atoms with Crippen LogP contribution in [0.5, 0.6) is 0 Å². The number of halogens is 1. The van der Waals surface area contributed by atoms with Gasteiger partial charge in [0.05, 0.1) is 11.4 Å². The second kappa shape index (κ2) is 10.3. The van der Waals surface area contributed by atoms with Gasteiger partial charge in [-0.05, 0) is 60.3 Å². The molecule has 1 saturated heterocycles. The fourth-order valence-corrected chi connectivity index (χ4v) is 7.21. The Morgan fingerprint density at radius 2 is 1.65 bits per heavy atom. The van der Waals surface area contributed by atoms with E-state index in [2.05, 4.69) is 42.2 Å². The van der Waals surface area contributed by atoms with E-state index in [0.29, 0.717) is 21.6 Å². The number of carbonyl (C=O) groups is 1. The number of hydrogen-bond acceptors (Lipinski definition) is 5. The largest absolute Gasteiger partial charge is 0.334 e. The number of thioether (sulfide) groups is 2. The fraction of sp³-hybridized carbons (Fsp3) is 0.133. The van der Waals surface area contributed by atoms with E-state index in [1.54, 1.807) is 11.8 Å². The number of rotatable bonds is 5. The molecule has 7 heteroatoms. The lowest BCUT2D eigenvalue weighted by Gasteiger charge is -2.19. The van der Waals surface area contributed by atoms with Crippen LogP contribution < -0.4 is 4.90 Å². The monoisotopic (exact) mass is 541 g/mol. The van der Waals surface area contributed by atoms with Crippen LogP contribution >= 0.6 is 35.1 Å². The maximum absolute atomic E-state index is 14.0. The van der Waals surface area contributed by atoms with E-state index in [1.165, 1.54) is 17.3 Å². The minimum Gasteiger partial charge on any atom is -0.334 e. The molecular formula is C30H24ClN3OS2. The normalized spacial score (nSPS) is 18.3. The maximum atomic E-state index is 14.0. The number of anilines is 1. The number of nitrogens with zero attached hydrogens (tertiary/aromatic N) is 3. The summed E-state index contributed by atoms with van der Waals surface area (Å²) in [6, 6.07) is 30.5. The first kappa shape index (κ1) is 24.2. The zero-order valence-corrected chi connectivity index (χ0v) is 22.6. The second-order valence-corrected chi connectivity index (χ2v) is 11.2. The Labute approximate surface area is 230 Å². The van der Waals surface area contributed by atoms with Crippen LogP contribution in [0.4, 0.5) is 11.4 Å². The highest BCUT2D eigenvalue weighted by atomic mass is 35.5. The number of aliphatic imine (C=N–C) groups is 1. The molecule has 4 aromatic carbocycles. The van der Waals surface area contributed by atoms with Crippen LogP contribution in [0.15, 0.2) is 111 Å². The Morgan fingerprint density at radius 3 is 2.49 bits per heavy atom. The summed E-state index contributed by atoms with van der Waals surface area (Å²) in [5.74, 6) is -0.000212. The molecule has 0 bridgehead atoms. The first-order valence-electron chi connectivity index (χ1n) is 12.2. The standard InChI is InChI=1S/C30H24ClN3OS2/c1-2-33-25-19-22(31)15-16-26(25)36-29(33)27-28(35)34(18-17-20-9-4-3-5-10-20)30(37-27)32-24-14-8-12-21-11-6-7-13-23(21)24/h3-16,19H,2,17-18H2,1H3. The average molecular weight is 542 g/mol. The summed E-state index contributed by atoms with van der Waals surface area (Å²) in [6.07, 6.45) is 0.755. The molecule has 2 heterocycles. The molecule has 0 radical (unpaired) electrons. The van der Waals surface area contributed by atoms with Gasteiger partial charge < -0.3 is 4.90 Å². The van der Waals surface area contributed by atoms with Gasteiger partial charge in [-0.15, -0.1) is 0 Å². The van der Waals surface area contributed by atoms with Gasteiger partial charge in [0.15, 0.2) is 5.17 Å². The summed E-state index contributed by atoms with van der Waals surface area (Å²) in [5, 5.41) is 4.55. The third-order valence-corrected chi connectivity index (χ3v) is 9.10. The van der Waals surface area contributed by atoms with E-state index < -0.39 is 0 Å². The molecule has 0 saturated carbocycles. The Morgan fingerprint density at radius 1 is 0.865 bits per heavy atom. The molecule has 37 heavy (non-hydrogen) atoms. The summed E-state index contributed by atoms with van der Waals surface area (Å²) in [5.41, 5.74) is 3.11.